The minimum absolute atomic E-state index is 0.00216. The zero-order valence-electron chi connectivity index (χ0n) is 12.1. The molecule has 0 saturated heterocycles. The maximum atomic E-state index is 10.9. The van der Waals surface area contributed by atoms with Crippen LogP contribution in [0.5, 0.6) is 0 Å². The van der Waals surface area contributed by atoms with Gasteiger partial charge in [0.15, 0.2) is 5.82 Å². The smallest absolute Gasteiger partial charge is 0.271 e. The predicted molar refractivity (Wildman–Crippen MR) is 80.8 cm³/mol. The highest BCUT2D eigenvalue weighted by molar-refractivity contribution is 5.93. The third-order valence-corrected chi connectivity index (χ3v) is 3.07. The Morgan fingerprint density at radius 3 is 2.76 bits per heavy atom. The summed E-state index contributed by atoms with van der Waals surface area (Å²) < 4.78 is 1.81. The van der Waals surface area contributed by atoms with E-state index in [9.17, 15) is 15.4 Å². The summed E-state index contributed by atoms with van der Waals surface area (Å²) in [5, 5.41) is 21.0. The average molecular weight is 285 g/mol. The lowest BCUT2D eigenvalue weighted by Gasteiger charge is -2.06. The number of nitro groups is 1. The maximum absolute atomic E-state index is 10.9. The predicted octanol–water partition coefficient (Wildman–Crippen LogP) is 2.66. The summed E-state index contributed by atoms with van der Waals surface area (Å²) in [4.78, 5) is 16.6. The number of nitro benzene ring substituents is 1. The molecule has 1 aromatic heterocycles. The fraction of sp³-hybridized carbons (Fsp3) is 0.286. The molecule has 0 aliphatic rings. The van der Waals surface area contributed by atoms with Crippen LogP contribution in [-0.4, -0.2) is 34.8 Å². The highest BCUT2D eigenvalue weighted by atomic mass is 16.6. The third-order valence-electron chi connectivity index (χ3n) is 3.07. The minimum Gasteiger partial charge on any atom is -0.369 e. The number of aromatic nitrogens is 1. The molecule has 0 radical (unpaired) electrons. The Hall–Kier alpha value is -2.88. The number of aryl methyl sites for hydroxylation is 1. The first-order valence-corrected chi connectivity index (χ1v) is 6.41. The van der Waals surface area contributed by atoms with E-state index in [0.29, 0.717) is 28.8 Å². The third kappa shape index (κ3) is 2.56. The molecule has 2 aromatic rings. The van der Waals surface area contributed by atoms with Crippen LogP contribution in [0.15, 0.2) is 23.2 Å². The van der Waals surface area contributed by atoms with Gasteiger partial charge in [-0.1, -0.05) is 0 Å². The van der Waals surface area contributed by atoms with E-state index < -0.39 is 4.92 Å². The first kappa shape index (κ1) is 14.5. The van der Waals surface area contributed by atoms with Gasteiger partial charge >= 0.3 is 0 Å². The molecular weight excluding hydrogens is 270 g/mol. The van der Waals surface area contributed by atoms with Crippen LogP contribution in [0.1, 0.15) is 12.5 Å². The zero-order valence-corrected chi connectivity index (χ0v) is 12.1. The van der Waals surface area contributed by atoms with Crippen molar-refractivity contribution in [3.05, 3.63) is 33.9 Å². The molecule has 0 aliphatic carbocycles. The molecule has 0 saturated carbocycles. The van der Waals surface area contributed by atoms with E-state index in [-0.39, 0.29) is 5.69 Å². The second-order valence-corrected chi connectivity index (χ2v) is 4.72. The Morgan fingerprint density at radius 2 is 2.24 bits per heavy atom. The number of rotatable bonds is 4. The SMILES string of the molecule is CCn1c(/N=C/N(C)C)c(C#N)c2ccc([N+](=O)[O-])cc21. The second kappa shape index (κ2) is 5.63. The molecule has 0 aliphatic heterocycles. The maximum Gasteiger partial charge on any atom is 0.271 e. The largest absolute Gasteiger partial charge is 0.369 e. The molecule has 0 unspecified atom stereocenters. The summed E-state index contributed by atoms with van der Waals surface area (Å²) in [6.45, 7) is 2.48. The van der Waals surface area contributed by atoms with Crippen LogP contribution >= 0.6 is 0 Å². The number of nitrogens with zero attached hydrogens (tertiary/aromatic N) is 5. The van der Waals surface area contributed by atoms with Gasteiger partial charge in [0.1, 0.15) is 11.6 Å². The summed E-state index contributed by atoms with van der Waals surface area (Å²) in [6.07, 6.45) is 1.61. The summed E-state index contributed by atoms with van der Waals surface area (Å²) in [6, 6.07) is 6.63. The van der Waals surface area contributed by atoms with Crippen molar-refractivity contribution in [1.29, 1.82) is 5.26 Å². The molecule has 0 spiro atoms. The van der Waals surface area contributed by atoms with Crippen molar-refractivity contribution in [2.24, 2.45) is 4.99 Å². The molecule has 21 heavy (non-hydrogen) atoms. The highest BCUT2D eigenvalue weighted by Gasteiger charge is 2.18. The van der Waals surface area contributed by atoms with Gasteiger partial charge in [0.25, 0.3) is 5.69 Å². The van der Waals surface area contributed by atoms with E-state index in [1.165, 1.54) is 12.1 Å². The summed E-state index contributed by atoms with van der Waals surface area (Å²) in [5.41, 5.74) is 1.08. The standard InChI is InChI=1S/C14H15N5O2/c1-4-18-13-7-10(19(20)21)5-6-11(13)12(8-15)14(18)16-9-17(2)3/h5-7,9H,4H2,1-3H3/b16-9+. The Kier molecular flexibility index (Phi) is 3.89. The highest BCUT2D eigenvalue weighted by Crippen LogP contribution is 2.33. The number of nitriles is 1. The number of benzene rings is 1. The van der Waals surface area contributed by atoms with Crippen molar-refractivity contribution < 1.29 is 4.92 Å². The van der Waals surface area contributed by atoms with Gasteiger partial charge in [0.05, 0.1) is 16.8 Å². The van der Waals surface area contributed by atoms with Gasteiger partial charge in [-0.15, -0.1) is 0 Å². The summed E-state index contributed by atoms with van der Waals surface area (Å²) >= 11 is 0. The number of hydrogen-bond acceptors (Lipinski definition) is 4. The van der Waals surface area contributed by atoms with E-state index in [2.05, 4.69) is 11.1 Å². The van der Waals surface area contributed by atoms with Gasteiger partial charge in [0.2, 0.25) is 0 Å². The molecule has 2 rings (SSSR count). The van der Waals surface area contributed by atoms with E-state index >= 15 is 0 Å². The van der Waals surface area contributed by atoms with E-state index in [1.54, 1.807) is 21.9 Å². The van der Waals surface area contributed by atoms with Crippen molar-refractivity contribution in [1.82, 2.24) is 9.47 Å². The van der Waals surface area contributed by atoms with Gasteiger partial charge in [-0.25, -0.2) is 4.99 Å². The van der Waals surface area contributed by atoms with Crippen LogP contribution in [0.25, 0.3) is 10.9 Å². The molecule has 1 aromatic carbocycles. The molecular formula is C14H15N5O2. The molecule has 0 bridgehead atoms. The van der Waals surface area contributed by atoms with Gasteiger partial charge in [-0.3, -0.25) is 10.1 Å². The Bertz CT molecular complexity index is 768. The van der Waals surface area contributed by atoms with Gasteiger partial charge in [-0.2, -0.15) is 5.26 Å². The van der Waals surface area contributed by atoms with Crippen molar-refractivity contribution in [2.75, 3.05) is 14.1 Å². The molecule has 0 atom stereocenters. The van der Waals surface area contributed by atoms with Crippen LogP contribution in [0.4, 0.5) is 11.5 Å². The molecule has 0 fully saturated rings. The molecule has 1 heterocycles. The topological polar surface area (TPSA) is 87.5 Å². The van der Waals surface area contributed by atoms with Crippen LogP contribution in [0.2, 0.25) is 0 Å². The number of hydrogen-bond donors (Lipinski definition) is 0. The second-order valence-electron chi connectivity index (χ2n) is 4.72. The van der Waals surface area contributed by atoms with E-state index in [1.807, 2.05) is 21.0 Å². The van der Waals surface area contributed by atoms with Crippen LogP contribution in [-0.2, 0) is 6.54 Å². The molecule has 108 valence electrons. The quantitative estimate of drug-likeness (QED) is 0.374. The van der Waals surface area contributed by atoms with Crippen molar-refractivity contribution >= 4 is 28.7 Å². The Morgan fingerprint density at radius 1 is 1.52 bits per heavy atom. The van der Waals surface area contributed by atoms with Crippen molar-refractivity contribution in [3.63, 3.8) is 0 Å². The Labute approximate surface area is 121 Å². The van der Waals surface area contributed by atoms with Crippen LogP contribution in [0.3, 0.4) is 0 Å². The lowest BCUT2D eigenvalue weighted by Crippen LogP contribution is -2.07. The van der Waals surface area contributed by atoms with Gasteiger partial charge in [-0.05, 0) is 13.0 Å². The number of fused-ring (bicyclic) bond motifs is 1. The summed E-state index contributed by atoms with van der Waals surface area (Å²) in [7, 11) is 3.67. The fourth-order valence-corrected chi connectivity index (χ4v) is 2.17. The first-order chi connectivity index (χ1) is 9.99. The van der Waals surface area contributed by atoms with Gasteiger partial charge in [0, 0.05) is 38.2 Å². The lowest BCUT2D eigenvalue weighted by molar-refractivity contribution is -0.384. The molecule has 0 amide bonds. The molecule has 7 heteroatoms. The number of non-ortho nitro benzene ring substituents is 1. The average Bonchev–Trinajstić information content (AvgIpc) is 2.76. The monoisotopic (exact) mass is 285 g/mol. The zero-order chi connectivity index (χ0) is 15.6. The van der Waals surface area contributed by atoms with Crippen LogP contribution in [0, 0.1) is 21.4 Å². The first-order valence-electron chi connectivity index (χ1n) is 6.41. The van der Waals surface area contributed by atoms with Gasteiger partial charge < -0.3 is 9.47 Å². The normalized spacial score (nSPS) is 11.0. The molecule has 0 N–H and O–H groups in total. The Balaban J connectivity index is 2.78. The minimum atomic E-state index is -0.443. The van der Waals surface area contributed by atoms with E-state index in [4.69, 9.17) is 0 Å². The number of aliphatic imine (C=N–C) groups is 1. The van der Waals surface area contributed by atoms with Crippen LogP contribution < -0.4 is 0 Å². The van der Waals surface area contributed by atoms with Crippen molar-refractivity contribution in [2.45, 2.75) is 13.5 Å². The fourth-order valence-electron chi connectivity index (χ4n) is 2.17. The van der Waals surface area contributed by atoms with Crippen molar-refractivity contribution in [3.8, 4) is 6.07 Å². The summed E-state index contributed by atoms with van der Waals surface area (Å²) in [5.74, 6) is 0.518. The molecule has 7 nitrogen and oxygen atoms in total. The van der Waals surface area contributed by atoms with E-state index in [0.717, 1.165) is 0 Å². The lowest BCUT2D eigenvalue weighted by atomic mass is 10.1.